The van der Waals surface area contributed by atoms with E-state index in [1.165, 1.54) is 24.0 Å². The fourth-order valence-corrected chi connectivity index (χ4v) is 1.92. The average molecular weight is 251 g/mol. The second kappa shape index (κ2) is 5.09. The zero-order chi connectivity index (χ0) is 12.3. The van der Waals surface area contributed by atoms with Gasteiger partial charge in [-0.25, -0.2) is 4.39 Å². The minimum absolute atomic E-state index is 0.0920. The molecule has 1 aromatic carbocycles. The van der Waals surface area contributed by atoms with Crippen molar-refractivity contribution < 1.29 is 9.18 Å². The summed E-state index contributed by atoms with van der Waals surface area (Å²) in [6, 6.07) is 4.75. The van der Waals surface area contributed by atoms with Gasteiger partial charge in [-0.1, -0.05) is 23.4 Å². The number of carbonyl (C=O) groups is 1. The molecule has 6 heteroatoms. The van der Waals surface area contributed by atoms with E-state index in [2.05, 4.69) is 15.5 Å². The molecule has 17 heavy (non-hydrogen) atoms. The van der Waals surface area contributed by atoms with E-state index in [0.717, 1.165) is 5.56 Å². The van der Waals surface area contributed by atoms with Gasteiger partial charge in [0.2, 0.25) is 5.91 Å². The highest BCUT2D eigenvalue weighted by atomic mass is 32.2. The number of amidine groups is 1. The third-order valence-electron chi connectivity index (χ3n) is 2.08. The van der Waals surface area contributed by atoms with Crippen molar-refractivity contribution in [1.29, 1.82) is 0 Å². The van der Waals surface area contributed by atoms with Crippen LogP contribution in [0.1, 0.15) is 11.1 Å². The monoisotopic (exact) mass is 251 g/mol. The summed E-state index contributed by atoms with van der Waals surface area (Å²) in [5.74, 6) is -0.0824. The Bertz CT molecular complexity index is 513. The summed E-state index contributed by atoms with van der Waals surface area (Å²) >= 11 is 1.27. The zero-order valence-corrected chi connectivity index (χ0v) is 9.92. The van der Waals surface area contributed by atoms with Crippen molar-refractivity contribution in [3.05, 3.63) is 35.1 Å². The predicted molar refractivity (Wildman–Crippen MR) is 66.8 cm³/mol. The van der Waals surface area contributed by atoms with Gasteiger partial charge in [0.15, 0.2) is 5.17 Å². The van der Waals surface area contributed by atoms with Gasteiger partial charge in [0.1, 0.15) is 5.82 Å². The highest BCUT2D eigenvalue weighted by Gasteiger charge is 2.15. The van der Waals surface area contributed by atoms with E-state index in [4.69, 9.17) is 0 Å². The summed E-state index contributed by atoms with van der Waals surface area (Å²) in [7, 11) is 0. The third-order valence-corrected chi connectivity index (χ3v) is 2.95. The van der Waals surface area contributed by atoms with Crippen LogP contribution in [0.5, 0.6) is 0 Å². The molecule has 0 bridgehead atoms. The van der Waals surface area contributed by atoms with Crippen LogP contribution in [0.25, 0.3) is 0 Å². The van der Waals surface area contributed by atoms with Gasteiger partial charge in [-0.2, -0.15) is 5.10 Å². The van der Waals surface area contributed by atoms with Crippen LogP contribution < -0.4 is 5.32 Å². The predicted octanol–water partition coefficient (Wildman–Crippen LogP) is 1.69. The Morgan fingerprint density at radius 3 is 3.06 bits per heavy atom. The smallest absolute Gasteiger partial charge is 0.236 e. The van der Waals surface area contributed by atoms with Crippen molar-refractivity contribution in [2.75, 3.05) is 5.75 Å². The minimum Gasteiger partial charge on any atom is -0.303 e. The van der Waals surface area contributed by atoms with Gasteiger partial charge in [-0.15, -0.1) is 5.10 Å². The fraction of sp³-hybridized carbons (Fsp3) is 0.182. The first-order chi connectivity index (χ1) is 8.15. The van der Waals surface area contributed by atoms with Crippen molar-refractivity contribution in [1.82, 2.24) is 5.32 Å². The van der Waals surface area contributed by atoms with Crippen LogP contribution in [0.3, 0.4) is 0 Å². The van der Waals surface area contributed by atoms with Gasteiger partial charge in [0, 0.05) is 5.56 Å². The van der Waals surface area contributed by atoms with Crippen molar-refractivity contribution in [2.45, 2.75) is 6.92 Å². The molecule has 1 aromatic rings. The summed E-state index contributed by atoms with van der Waals surface area (Å²) in [5.41, 5.74) is 1.33. The maximum atomic E-state index is 13.3. The average Bonchev–Trinajstić information content (AvgIpc) is 2.69. The lowest BCUT2D eigenvalue weighted by molar-refractivity contribution is -0.116. The highest BCUT2D eigenvalue weighted by Crippen LogP contribution is 2.10. The lowest BCUT2D eigenvalue weighted by Gasteiger charge is -1.97. The Morgan fingerprint density at radius 1 is 1.53 bits per heavy atom. The van der Waals surface area contributed by atoms with Gasteiger partial charge < -0.3 is 5.32 Å². The SMILES string of the molecule is Cc1ccc(F)c(C=NN=C2NC(=O)CS2)c1. The van der Waals surface area contributed by atoms with Crippen LogP contribution in [0.2, 0.25) is 0 Å². The molecule has 4 nitrogen and oxygen atoms in total. The maximum Gasteiger partial charge on any atom is 0.236 e. The van der Waals surface area contributed by atoms with Crippen molar-refractivity contribution in [3.63, 3.8) is 0 Å². The first kappa shape index (κ1) is 11.8. The van der Waals surface area contributed by atoms with Gasteiger partial charge >= 0.3 is 0 Å². The van der Waals surface area contributed by atoms with E-state index in [1.54, 1.807) is 12.1 Å². The number of rotatable bonds is 2. The van der Waals surface area contributed by atoms with Crippen LogP contribution in [0.4, 0.5) is 4.39 Å². The lowest BCUT2D eigenvalue weighted by Crippen LogP contribution is -2.19. The molecule has 1 saturated heterocycles. The number of nitrogens with one attached hydrogen (secondary N) is 1. The first-order valence-electron chi connectivity index (χ1n) is 4.95. The van der Waals surface area contributed by atoms with E-state index in [-0.39, 0.29) is 11.7 Å². The normalized spacial score (nSPS) is 18.0. The van der Waals surface area contributed by atoms with Crippen molar-refractivity contribution in [3.8, 4) is 0 Å². The Kier molecular flexibility index (Phi) is 3.53. The van der Waals surface area contributed by atoms with Crippen LogP contribution >= 0.6 is 11.8 Å². The van der Waals surface area contributed by atoms with Gasteiger partial charge in [-0.05, 0) is 19.1 Å². The molecule has 0 aromatic heterocycles. The van der Waals surface area contributed by atoms with Gasteiger partial charge in [0.25, 0.3) is 0 Å². The van der Waals surface area contributed by atoms with Crippen molar-refractivity contribution >= 4 is 29.1 Å². The van der Waals surface area contributed by atoms with E-state index in [9.17, 15) is 9.18 Å². The molecule has 0 atom stereocenters. The molecule has 0 aliphatic carbocycles. The number of halogens is 1. The molecular weight excluding hydrogens is 241 g/mol. The zero-order valence-electron chi connectivity index (χ0n) is 9.11. The van der Waals surface area contributed by atoms with E-state index in [0.29, 0.717) is 16.5 Å². The molecule has 1 aliphatic rings. The molecule has 0 radical (unpaired) electrons. The van der Waals surface area contributed by atoms with Gasteiger partial charge in [-0.3, -0.25) is 4.79 Å². The molecule has 0 saturated carbocycles. The minimum atomic E-state index is -0.345. The van der Waals surface area contributed by atoms with E-state index >= 15 is 0 Å². The molecule has 0 unspecified atom stereocenters. The van der Waals surface area contributed by atoms with Crippen LogP contribution in [0.15, 0.2) is 28.4 Å². The number of amides is 1. The molecule has 1 amide bonds. The highest BCUT2D eigenvalue weighted by molar-refractivity contribution is 8.15. The Morgan fingerprint density at radius 2 is 2.35 bits per heavy atom. The molecule has 0 spiro atoms. The Balaban J connectivity index is 2.10. The van der Waals surface area contributed by atoms with Gasteiger partial charge in [0.05, 0.1) is 12.0 Å². The summed E-state index contributed by atoms with van der Waals surface area (Å²) in [6.45, 7) is 1.87. The summed E-state index contributed by atoms with van der Waals surface area (Å²) in [4.78, 5) is 10.9. The second-order valence-corrected chi connectivity index (χ2v) is 4.48. The molecule has 1 N–H and O–H groups in total. The second-order valence-electron chi connectivity index (χ2n) is 3.51. The summed E-state index contributed by atoms with van der Waals surface area (Å²) < 4.78 is 13.3. The summed E-state index contributed by atoms with van der Waals surface area (Å²) in [5, 5.41) is 10.5. The standard InChI is InChI=1S/C11H10FN3OS/c1-7-2-3-9(12)8(4-7)5-13-15-11-14-10(16)6-17-11/h2-5H,6H2,1H3,(H,14,15,16). The largest absolute Gasteiger partial charge is 0.303 e. The van der Waals surface area contributed by atoms with Crippen LogP contribution in [-0.4, -0.2) is 23.0 Å². The van der Waals surface area contributed by atoms with Crippen LogP contribution in [-0.2, 0) is 4.79 Å². The van der Waals surface area contributed by atoms with Crippen molar-refractivity contribution in [2.24, 2.45) is 10.2 Å². The molecule has 1 heterocycles. The maximum absolute atomic E-state index is 13.3. The molecule has 88 valence electrons. The number of hydrogen-bond acceptors (Lipinski definition) is 4. The Hall–Kier alpha value is -1.69. The molecule has 2 rings (SSSR count). The lowest BCUT2D eigenvalue weighted by atomic mass is 10.1. The summed E-state index contributed by atoms with van der Waals surface area (Å²) in [6.07, 6.45) is 1.33. The Labute approximate surface area is 102 Å². The van der Waals surface area contributed by atoms with E-state index in [1.807, 2.05) is 6.92 Å². The number of thioether (sulfide) groups is 1. The first-order valence-corrected chi connectivity index (χ1v) is 5.93. The number of hydrogen-bond donors (Lipinski definition) is 1. The molecule has 1 aliphatic heterocycles. The third kappa shape index (κ3) is 3.13. The van der Waals surface area contributed by atoms with Crippen LogP contribution in [0, 0.1) is 12.7 Å². The number of carbonyl (C=O) groups excluding carboxylic acids is 1. The fourth-order valence-electron chi connectivity index (χ4n) is 1.28. The number of benzene rings is 1. The number of aryl methyl sites for hydroxylation is 1. The van der Waals surface area contributed by atoms with E-state index < -0.39 is 0 Å². The molecular formula is C11H10FN3OS. The quantitative estimate of drug-likeness (QED) is 0.642. The molecule has 1 fully saturated rings. The number of nitrogens with zero attached hydrogens (tertiary/aromatic N) is 2. The topological polar surface area (TPSA) is 53.8 Å².